The van der Waals surface area contributed by atoms with Crippen LogP contribution in [-0.4, -0.2) is 54.0 Å². The van der Waals surface area contributed by atoms with Gasteiger partial charge in [-0.15, -0.1) is 0 Å². The molecule has 0 radical (unpaired) electrons. The summed E-state index contributed by atoms with van der Waals surface area (Å²) in [6.07, 6.45) is 0.431. The molecule has 0 saturated carbocycles. The zero-order chi connectivity index (χ0) is 38.6. The van der Waals surface area contributed by atoms with Crippen molar-refractivity contribution in [3.8, 4) is 28.7 Å². The van der Waals surface area contributed by atoms with E-state index in [4.69, 9.17) is 14.7 Å². The van der Waals surface area contributed by atoms with Gasteiger partial charge in [0.2, 0.25) is 12.0 Å². The molecule has 2 aliphatic heterocycles. The molecule has 2 heterocycles. The summed E-state index contributed by atoms with van der Waals surface area (Å²) < 4.78 is 11.5. The van der Waals surface area contributed by atoms with Gasteiger partial charge in [0, 0.05) is 31.6 Å². The second kappa shape index (κ2) is 15.9. The topological polar surface area (TPSA) is 132 Å². The predicted octanol–water partition coefficient (Wildman–Crippen LogP) is 6.81. The molecule has 0 fully saturated rings. The molecule has 5 aromatic carbocycles. The Morgan fingerprint density at radius 1 is 0.945 bits per heavy atom. The van der Waals surface area contributed by atoms with Crippen LogP contribution in [0.3, 0.4) is 0 Å². The number of phenols is 1. The van der Waals surface area contributed by atoms with Crippen molar-refractivity contribution < 1.29 is 29.0 Å². The van der Waals surface area contributed by atoms with E-state index in [1.807, 2.05) is 66.7 Å². The van der Waals surface area contributed by atoms with Crippen LogP contribution in [-0.2, 0) is 38.5 Å². The second-order valence-electron chi connectivity index (χ2n) is 14.0. The van der Waals surface area contributed by atoms with Crippen molar-refractivity contribution >= 4 is 23.5 Å². The number of carbonyl (C=O) groups is 3. The molecule has 10 heteroatoms. The molecule has 0 spiro atoms. The fourth-order valence-corrected chi connectivity index (χ4v) is 7.63. The third-order valence-electron chi connectivity index (χ3n) is 10.6. The zero-order valence-corrected chi connectivity index (χ0v) is 30.9. The number of benzene rings is 5. The number of fused-ring (bicyclic) bond motifs is 2. The molecule has 2 aliphatic rings. The Hall–Kier alpha value is -6.44. The number of phenolic OH excluding ortho intramolecular Hbond substituents is 1. The first-order chi connectivity index (χ1) is 26.7. The van der Waals surface area contributed by atoms with E-state index in [9.17, 15) is 19.5 Å². The Labute approximate surface area is 320 Å². The quantitative estimate of drug-likeness (QED) is 0.150. The SMILES string of the molecule is CC[C@H](c1ccccc1)N1Cc2cc3c(cc2CC1C(=O)N[C@@H](Cc1ccc(-c2ccc(C#N)cc2)cc1)C(=O)OC)N(C)C(=O)[C@H](c1ccc(O)cc1)O3. The van der Waals surface area contributed by atoms with Crippen molar-refractivity contribution in [2.24, 2.45) is 0 Å². The fourth-order valence-electron chi connectivity index (χ4n) is 7.63. The lowest BCUT2D eigenvalue weighted by molar-refractivity contribution is -0.146. The summed E-state index contributed by atoms with van der Waals surface area (Å²) in [5.41, 5.74) is 7.57. The predicted molar refractivity (Wildman–Crippen MR) is 208 cm³/mol. The van der Waals surface area contributed by atoms with Crippen LogP contribution in [0.25, 0.3) is 11.1 Å². The molecule has 2 N–H and O–H groups in total. The lowest BCUT2D eigenvalue weighted by Crippen LogP contribution is -2.55. The van der Waals surface area contributed by atoms with Gasteiger partial charge in [0.1, 0.15) is 17.5 Å². The summed E-state index contributed by atoms with van der Waals surface area (Å²) in [5, 5.41) is 22.0. The largest absolute Gasteiger partial charge is 0.508 e. The number of nitrogens with zero attached hydrogens (tertiary/aromatic N) is 3. The van der Waals surface area contributed by atoms with E-state index in [-0.39, 0.29) is 30.0 Å². The number of hydrogen-bond acceptors (Lipinski definition) is 8. The number of rotatable bonds is 10. The Bertz CT molecular complexity index is 2230. The van der Waals surface area contributed by atoms with E-state index in [1.165, 1.54) is 19.2 Å². The average Bonchev–Trinajstić information content (AvgIpc) is 3.22. The minimum absolute atomic E-state index is 0.102. The van der Waals surface area contributed by atoms with E-state index in [0.717, 1.165) is 39.8 Å². The molecule has 4 atom stereocenters. The van der Waals surface area contributed by atoms with Crippen molar-refractivity contribution in [1.82, 2.24) is 10.2 Å². The number of nitriles is 1. The number of nitrogens with one attached hydrogen (secondary N) is 1. The van der Waals surface area contributed by atoms with Gasteiger partial charge >= 0.3 is 5.97 Å². The van der Waals surface area contributed by atoms with E-state index < -0.39 is 24.2 Å². The third-order valence-corrected chi connectivity index (χ3v) is 10.6. The second-order valence-corrected chi connectivity index (χ2v) is 14.0. The standard InChI is InChI=1S/C45H42N4O6/c1-4-38(32-8-6-5-7-9-32)49-27-35-25-41-39(48(2)44(52)42(55-41)33-18-20-36(50)21-19-33)23-34(35)24-40(49)43(51)47-37(45(53)54-3)22-28-10-14-30(15-11-28)31-16-12-29(26-46)13-17-31/h5-21,23,25,37-38,40,42,50H,4,22,24,27H2,1-3H3,(H,47,51)/t37-,38+,40?,42-/m0/s1. The van der Waals surface area contributed by atoms with E-state index >= 15 is 0 Å². The highest BCUT2D eigenvalue weighted by atomic mass is 16.5. The Morgan fingerprint density at radius 2 is 1.62 bits per heavy atom. The molecule has 2 amide bonds. The van der Waals surface area contributed by atoms with Gasteiger partial charge in [-0.05, 0) is 82.6 Å². The van der Waals surface area contributed by atoms with Crippen LogP contribution in [0.4, 0.5) is 5.69 Å². The van der Waals surface area contributed by atoms with Crippen LogP contribution in [0.1, 0.15) is 58.9 Å². The van der Waals surface area contributed by atoms with Gasteiger partial charge in [0.25, 0.3) is 5.91 Å². The van der Waals surface area contributed by atoms with Crippen LogP contribution >= 0.6 is 0 Å². The lowest BCUT2D eigenvalue weighted by atomic mass is 9.88. The first kappa shape index (κ1) is 36.9. The molecule has 0 aromatic heterocycles. The summed E-state index contributed by atoms with van der Waals surface area (Å²) in [6, 6.07) is 36.0. The summed E-state index contributed by atoms with van der Waals surface area (Å²) in [7, 11) is 3.03. The number of methoxy groups -OCH3 is 1. The normalized spacial score (nSPS) is 17.5. The molecule has 0 bridgehead atoms. The van der Waals surface area contributed by atoms with E-state index in [2.05, 4.69) is 35.3 Å². The van der Waals surface area contributed by atoms with E-state index in [1.54, 1.807) is 36.2 Å². The van der Waals surface area contributed by atoms with Gasteiger partial charge in [-0.3, -0.25) is 14.5 Å². The molecular weight excluding hydrogens is 693 g/mol. The van der Waals surface area contributed by atoms with Crippen LogP contribution in [0.5, 0.6) is 11.5 Å². The van der Waals surface area contributed by atoms with Crippen LogP contribution in [0, 0.1) is 11.3 Å². The third kappa shape index (κ3) is 7.66. The van der Waals surface area contributed by atoms with Crippen LogP contribution in [0.15, 0.2) is 115 Å². The maximum absolute atomic E-state index is 14.5. The summed E-state index contributed by atoms with van der Waals surface area (Å²) >= 11 is 0. The monoisotopic (exact) mass is 734 g/mol. The number of ether oxygens (including phenoxy) is 2. The van der Waals surface area contributed by atoms with E-state index in [0.29, 0.717) is 35.5 Å². The molecule has 7 rings (SSSR count). The van der Waals surface area contributed by atoms with Crippen molar-refractivity contribution in [2.45, 2.75) is 57.0 Å². The van der Waals surface area contributed by atoms with Crippen molar-refractivity contribution in [3.05, 3.63) is 149 Å². The van der Waals surface area contributed by atoms with Gasteiger partial charge in [-0.25, -0.2) is 4.79 Å². The Morgan fingerprint density at radius 3 is 2.25 bits per heavy atom. The highest BCUT2D eigenvalue weighted by Gasteiger charge is 2.40. The number of esters is 1. The molecule has 55 heavy (non-hydrogen) atoms. The number of amides is 2. The molecule has 278 valence electrons. The maximum Gasteiger partial charge on any atom is 0.328 e. The lowest BCUT2D eigenvalue weighted by Gasteiger charge is -2.42. The van der Waals surface area contributed by atoms with Crippen LogP contribution < -0.4 is 15.0 Å². The van der Waals surface area contributed by atoms with Gasteiger partial charge in [-0.2, -0.15) is 5.26 Å². The number of likely N-dealkylation sites (N-methyl/N-ethyl adjacent to an activating group) is 1. The van der Waals surface area contributed by atoms with Crippen molar-refractivity contribution in [2.75, 3.05) is 19.1 Å². The molecule has 0 aliphatic carbocycles. The number of aromatic hydroxyl groups is 1. The number of hydrogen-bond donors (Lipinski definition) is 2. The molecule has 10 nitrogen and oxygen atoms in total. The molecule has 0 saturated heterocycles. The van der Waals surface area contributed by atoms with Gasteiger partial charge < -0.3 is 24.8 Å². The Kier molecular flexibility index (Phi) is 10.7. The first-order valence-electron chi connectivity index (χ1n) is 18.3. The highest BCUT2D eigenvalue weighted by molar-refractivity contribution is 6.00. The average molecular weight is 735 g/mol. The van der Waals surface area contributed by atoms with Gasteiger partial charge in [-0.1, -0.05) is 85.8 Å². The van der Waals surface area contributed by atoms with Crippen molar-refractivity contribution in [3.63, 3.8) is 0 Å². The zero-order valence-electron chi connectivity index (χ0n) is 30.9. The summed E-state index contributed by atoms with van der Waals surface area (Å²) in [6.45, 7) is 2.53. The minimum Gasteiger partial charge on any atom is -0.508 e. The van der Waals surface area contributed by atoms with Gasteiger partial charge in [0.15, 0.2) is 0 Å². The van der Waals surface area contributed by atoms with Crippen molar-refractivity contribution in [1.29, 1.82) is 5.26 Å². The summed E-state index contributed by atoms with van der Waals surface area (Å²) in [4.78, 5) is 45.0. The van der Waals surface area contributed by atoms with Crippen LogP contribution in [0.2, 0.25) is 0 Å². The number of carbonyl (C=O) groups excluding carboxylic acids is 3. The smallest absolute Gasteiger partial charge is 0.328 e. The molecule has 5 aromatic rings. The fraction of sp³-hybridized carbons (Fsp3) is 0.244. The maximum atomic E-state index is 14.5. The first-order valence-corrected chi connectivity index (χ1v) is 18.3. The summed E-state index contributed by atoms with van der Waals surface area (Å²) in [5.74, 6) is -0.422. The van der Waals surface area contributed by atoms with Gasteiger partial charge in [0.05, 0.1) is 30.5 Å². The Balaban J connectivity index is 1.17. The highest BCUT2D eigenvalue weighted by Crippen LogP contribution is 2.43. The minimum atomic E-state index is -0.934. The molecular formula is C45H42N4O6. The number of anilines is 1. The molecule has 1 unspecified atom stereocenters.